The maximum Gasteiger partial charge on any atom is 0.0593 e. The van der Waals surface area contributed by atoms with Gasteiger partial charge in [-0.2, -0.15) is 0 Å². The lowest BCUT2D eigenvalue weighted by atomic mass is 9.91. The lowest BCUT2D eigenvalue weighted by Gasteiger charge is -2.48. The highest BCUT2D eigenvalue weighted by molar-refractivity contribution is 4.94. The van der Waals surface area contributed by atoms with Crippen molar-refractivity contribution in [3.8, 4) is 0 Å². The molecule has 2 atom stereocenters. The van der Waals surface area contributed by atoms with E-state index < -0.39 is 0 Å². The van der Waals surface area contributed by atoms with Crippen molar-refractivity contribution in [3.05, 3.63) is 0 Å². The Morgan fingerprint density at radius 2 is 2.05 bits per heavy atom. The molecule has 1 saturated heterocycles. The zero-order chi connectivity index (χ0) is 15.0. The van der Waals surface area contributed by atoms with Gasteiger partial charge in [0, 0.05) is 37.8 Å². The Morgan fingerprint density at radius 3 is 2.65 bits per heavy atom. The van der Waals surface area contributed by atoms with Gasteiger partial charge in [0.05, 0.1) is 6.61 Å². The third-order valence-corrected chi connectivity index (χ3v) is 4.72. The van der Waals surface area contributed by atoms with Gasteiger partial charge in [-0.05, 0) is 32.1 Å². The van der Waals surface area contributed by atoms with Crippen LogP contribution in [0.15, 0.2) is 0 Å². The largest absolute Gasteiger partial charge is 0.380 e. The van der Waals surface area contributed by atoms with E-state index in [0.717, 1.165) is 32.2 Å². The van der Waals surface area contributed by atoms with E-state index in [1.807, 2.05) is 0 Å². The van der Waals surface area contributed by atoms with Crippen molar-refractivity contribution < 1.29 is 4.74 Å². The summed E-state index contributed by atoms with van der Waals surface area (Å²) in [5, 5.41) is 3.73. The molecule has 0 bridgehead atoms. The van der Waals surface area contributed by atoms with Crippen LogP contribution in [0.2, 0.25) is 0 Å². The van der Waals surface area contributed by atoms with Crippen molar-refractivity contribution in [1.82, 2.24) is 10.2 Å². The fourth-order valence-corrected chi connectivity index (χ4v) is 2.87. The molecule has 0 radical (unpaired) electrons. The first-order chi connectivity index (χ1) is 9.51. The van der Waals surface area contributed by atoms with Gasteiger partial charge in [-0.15, -0.1) is 0 Å². The third kappa shape index (κ3) is 5.71. The Hall–Kier alpha value is -0.120. The van der Waals surface area contributed by atoms with Gasteiger partial charge in [0.25, 0.3) is 0 Å². The Bertz CT molecular complexity index is 257. The fraction of sp³-hybridized carbons (Fsp3) is 1.00. The number of hydrogen-bond donors (Lipinski definition) is 1. The summed E-state index contributed by atoms with van der Waals surface area (Å²) >= 11 is 0. The van der Waals surface area contributed by atoms with Crippen LogP contribution >= 0.6 is 0 Å². The highest BCUT2D eigenvalue weighted by Gasteiger charge is 2.35. The molecule has 1 aliphatic heterocycles. The fourth-order valence-electron chi connectivity index (χ4n) is 2.87. The third-order valence-electron chi connectivity index (χ3n) is 4.72. The molecule has 3 nitrogen and oxygen atoms in total. The van der Waals surface area contributed by atoms with Gasteiger partial charge < -0.3 is 10.1 Å². The van der Waals surface area contributed by atoms with Gasteiger partial charge in [-0.3, -0.25) is 4.90 Å². The van der Waals surface area contributed by atoms with Crippen LogP contribution in [-0.4, -0.2) is 49.3 Å². The first kappa shape index (κ1) is 17.9. The normalized spacial score (nSPS) is 28.2. The summed E-state index contributed by atoms with van der Waals surface area (Å²) < 4.78 is 5.82. The van der Waals surface area contributed by atoms with Crippen molar-refractivity contribution in [2.45, 2.75) is 71.9 Å². The number of nitrogens with one attached hydrogen (secondary N) is 1. The van der Waals surface area contributed by atoms with Crippen LogP contribution in [0.5, 0.6) is 0 Å². The molecule has 3 heteroatoms. The van der Waals surface area contributed by atoms with Crippen molar-refractivity contribution in [1.29, 1.82) is 0 Å². The minimum Gasteiger partial charge on any atom is -0.380 e. The van der Waals surface area contributed by atoms with Crippen LogP contribution in [0.3, 0.4) is 0 Å². The Balaban J connectivity index is 2.36. The number of rotatable bonds is 9. The second-order valence-corrected chi connectivity index (χ2v) is 6.96. The molecular weight excluding hydrogens is 248 g/mol. The maximum absolute atomic E-state index is 5.82. The number of nitrogens with zero attached hydrogens (tertiary/aromatic N) is 1. The van der Waals surface area contributed by atoms with Crippen molar-refractivity contribution in [3.63, 3.8) is 0 Å². The molecule has 0 spiro atoms. The van der Waals surface area contributed by atoms with Gasteiger partial charge >= 0.3 is 0 Å². The molecule has 0 aromatic rings. The molecule has 0 amide bonds. The predicted octanol–water partition coefficient (Wildman–Crippen LogP) is 3.29. The Labute approximate surface area is 126 Å². The first-order valence-electron chi connectivity index (χ1n) is 8.58. The molecule has 0 aromatic carbocycles. The summed E-state index contributed by atoms with van der Waals surface area (Å²) in [6.45, 7) is 16.6. The first-order valence-corrected chi connectivity index (χ1v) is 8.58. The van der Waals surface area contributed by atoms with Gasteiger partial charge in [0.1, 0.15) is 0 Å². The zero-order valence-electron chi connectivity index (χ0n) is 14.4. The summed E-state index contributed by atoms with van der Waals surface area (Å²) in [7, 11) is 0. The summed E-state index contributed by atoms with van der Waals surface area (Å²) in [5.41, 5.74) is 0.297. The molecule has 1 fully saturated rings. The van der Waals surface area contributed by atoms with E-state index in [2.05, 4.69) is 44.8 Å². The Kier molecular flexibility index (Phi) is 8.08. The van der Waals surface area contributed by atoms with Gasteiger partial charge in [0.2, 0.25) is 0 Å². The molecule has 1 heterocycles. The molecular formula is C17H36N2O. The quantitative estimate of drug-likeness (QED) is 0.658. The highest BCUT2D eigenvalue weighted by Crippen LogP contribution is 2.23. The average Bonchev–Trinajstić information content (AvgIpc) is 2.42. The van der Waals surface area contributed by atoms with E-state index in [1.165, 1.54) is 32.2 Å². The SMILES string of the molecule is CCCC1CN(CCOCCC(C)C)C(C)(CC)CN1. The van der Waals surface area contributed by atoms with Crippen LogP contribution in [0.25, 0.3) is 0 Å². The average molecular weight is 284 g/mol. The van der Waals surface area contributed by atoms with E-state index in [-0.39, 0.29) is 0 Å². The van der Waals surface area contributed by atoms with Crippen LogP contribution < -0.4 is 5.32 Å². The van der Waals surface area contributed by atoms with Crippen LogP contribution in [-0.2, 0) is 4.74 Å². The molecule has 1 N–H and O–H groups in total. The van der Waals surface area contributed by atoms with Gasteiger partial charge in [0.15, 0.2) is 0 Å². The van der Waals surface area contributed by atoms with E-state index in [0.29, 0.717) is 11.6 Å². The summed E-state index contributed by atoms with van der Waals surface area (Å²) in [6, 6.07) is 0.662. The summed E-state index contributed by atoms with van der Waals surface area (Å²) in [4.78, 5) is 2.65. The number of hydrogen-bond acceptors (Lipinski definition) is 3. The van der Waals surface area contributed by atoms with Gasteiger partial charge in [-0.25, -0.2) is 0 Å². The molecule has 0 saturated carbocycles. The lowest BCUT2D eigenvalue weighted by molar-refractivity contribution is 0.0142. The van der Waals surface area contributed by atoms with Crippen LogP contribution in [0.1, 0.15) is 60.3 Å². The molecule has 0 aliphatic carbocycles. The molecule has 20 heavy (non-hydrogen) atoms. The summed E-state index contributed by atoms with van der Waals surface area (Å²) in [6.07, 6.45) is 4.92. The Morgan fingerprint density at radius 1 is 1.30 bits per heavy atom. The van der Waals surface area contributed by atoms with Crippen LogP contribution in [0, 0.1) is 5.92 Å². The second kappa shape index (κ2) is 9.01. The molecule has 0 aromatic heterocycles. The smallest absolute Gasteiger partial charge is 0.0593 e. The van der Waals surface area contributed by atoms with E-state index in [1.54, 1.807) is 0 Å². The highest BCUT2D eigenvalue weighted by atomic mass is 16.5. The summed E-state index contributed by atoms with van der Waals surface area (Å²) in [5.74, 6) is 0.740. The lowest BCUT2D eigenvalue weighted by Crippen LogP contribution is -2.63. The van der Waals surface area contributed by atoms with Crippen LogP contribution in [0.4, 0.5) is 0 Å². The van der Waals surface area contributed by atoms with Gasteiger partial charge in [-0.1, -0.05) is 34.1 Å². The monoisotopic (exact) mass is 284 g/mol. The minimum absolute atomic E-state index is 0.297. The van der Waals surface area contributed by atoms with E-state index >= 15 is 0 Å². The molecule has 1 aliphatic rings. The van der Waals surface area contributed by atoms with E-state index in [9.17, 15) is 0 Å². The molecule has 2 unspecified atom stereocenters. The van der Waals surface area contributed by atoms with Crippen molar-refractivity contribution >= 4 is 0 Å². The predicted molar refractivity (Wildman–Crippen MR) is 87.2 cm³/mol. The van der Waals surface area contributed by atoms with Crippen molar-refractivity contribution in [2.24, 2.45) is 5.92 Å². The topological polar surface area (TPSA) is 24.5 Å². The van der Waals surface area contributed by atoms with Crippen molar-refractivity contribution in [2.75, 3.05) is 32.8 Å². The minimum atomic E-state index is 0.297. The second-order valence-electron chi connectivity index (χ2n) is 6.96. The van der Waals surface area contributed by atoms with E-state index in [4.69, 9.17) is 4.74 Å². The number of piperazine rings is 1. The standard InChI is InChI=1S/C17H36N2O/c1-6-8-16-13-19(17(5,7-2)14-18-16)10-12-20-11-9-15(3)4/h15-16,18H,6-14H2,1-5H3. The molecule has 120 valence electrons. The maximum atomic E-state index is 5.82. The molecule has 1 rings (SSSR count). The zero-order valence-corrected chi connectivity index (χ0v) is 14.4. The number of ether oxygens (including phenoxy) is 1.